The summed E-state index contributed by atoms with van der Waals surface area (Å²) in [6.45, 7) is 10.5. The predicted molar refractivity (Wildman–Crippen MR) is 136 cm³/mol. The number of hydrogen-bond donors (Lipinski definition) is 0. The van der Waals surface area contributed by atoms with E-state index in [4.69, 9.17) is 0 Å². The molecule has 1 amide bonds. The molecule has 0 saturated heterocycles. The highest BCUT2D eigenvalue weighted by Crippen LogP contribution is 2.52. The lowest BCUT2D eigenvalue weighted by atomic mass is 9.93. The van der Waals surface area contributed by atoms with E-state index in [0.717, 1.165) is 12.1 Å². The molecule has 0 aliphatic carbocycles. The Morgan fingerprint density at radius 1 is 0.871 bits per heavy atom. The first kappa shape index (κ1) is 23.2. The van der Waals surface area contributed by atoms with Gasteiger partial charge in [-0.2, -0.15) is 0 Å². The summed E-state index contributed by atoms with van der Waals surface area (Å²) in [6.07, 6.45) is 0.895. The number of anilines is 1. The van der Waals surface area contributed by atoms with Crippen molar-refractivity contribution in [3.8, 4) is 0 Å². The van der Waals surface area contributed by atoms with Gasteiger partial charge in [-0.15, -0.1) is 0 Å². The van der Waals surface area contributed by atoms with Crippen molar-refractivity contribution in [3.05, 3.63) is 90.0 Å². The van der Waals surface area contributed by atoms with Crippen LogP contribution in [0.1, 0.15) is 51.4 Å². The zero-order valence-corrected chi connectivity index (χ0v) is 20.5. The second-order valence-corrected chi connectivity index (χ2v) is 11.6. The van der Waals surface area contributed by atoms with Gasteiger partial charge in [0.1, 0.15) is 0 Å². The predicted octanol–water partition coefficient (Wildman–Crippen LogP) is 6.45. The molecule has 162 valence electrons. The van der Waals surface area contributed by atoms with Crippen molar-refractivity contribution in [2.45, 2.75) is 46.7 Å². The van der Waals surface area contributed by atoms with E-state index in [1.807, 2.05) is 32.7 Å². The van der Waals surface area contributed by atoms with Gasteiger partial charge in [0.2, 0.25) is 5.91 Å². The van der Waals surface area contributed by atoms with Crippen molar-refractivity contribution in [3.63, 3.8) is 0 Å². The summed E-state index contributed by atoms with van der Waals surface area (Å²) in [5, 5.41) is 2.71. The minimum absolute atomic E-state index is 0.144. The van der Waals surface area contributed by atoms with Gasteiger partial charge in [0.05, 0.1) is 5.69 Å². The van der Waals surface area contributed by atoms with Gasteiger partial charge in [0.15, 0.2) is 0 Å². The number of amides is 1. The van der Waals surface area contributed by atoms with Crippen LogP contribution >= 0.6 is 7.92 Å². The number of benzene rings is 3. The van der Waals surface area contributed by atoms with Gasteiger partial charge in [-0.25, -0.2) is 0 Å². The molecular formula is C28H34NOP. The van der Waals surface area contributed by atoms with Crippen LogP contribution in [0, 0.1) is 5.41 Å². The Morgan fingerprint density at radius 3 is 1.84 bits per heavy atom. The van der Waals surface area contributed by atoms with Gasteiger partial charge in [-0.3, -0.25) is 4.79 Å². The van der Waals surface area contributed by atoms with E-state index in [-0.39, 0.29) is 11.6 Å². The van der Waals surface area contributed by atoms with E-state index in [1.165, 1.54) is 21.7 Å². The Balaban J connectivity index is 2.17. The molecule has 3 heteroatoms. The molecule has 3 rings (SSSR count). The largest absolute Gasteiger partial charge is 0.314 e. The number of nitrogens with zero attached hydrogens (tertiary/aromatic N) is 1. The molecule has 0 N–H and O–H groups in total. The van der Waals surface area contributed by atoms with Crippen LogP contribution in [0.4, 0.5) is 5.69 Å². The normalized spacial score (nSPS) is 12.6. The third-order valence-electron chi connectivity index (χ3n) is 5.72. The maximum absolute atomic E-state index is 13.2. The van der Waals surface area contributed by atoms with E-state index >= 15 is 0 Å². The topological polar surface area (TPSA) is 20.3 Å². The van der Waals surface area contributed by atoms with Crippen LogP contribution in [-0.4, -0.2) is 13.0 Å². The molecule has 0 spiro atoms. The number of carbonyl (C=O) groups excluding carboxylic acids is 1. The first-order chi connectivity index (χ1) is 14.8. The molecule has 1 atom stereocenters. The summed E-state index contributed by atoms with van der Waals surface area (Å²) in [7, 11) is 1.30. The van der Waals surface area contributed by atoms with E-state index in [9.17, 15) is 4.79 Å². The van der Waals surface area contributed by atoms with Crippen LogP contribution in [-0.2, 0) is 11.2 Å². The highest BCUT2D eigenvalue weighted by Gasteiger charge is 2.31. The van der Waals surface area contributed by atoms with E-state index in [2.05, 4.69) is 92.7 Å². The Hall–Kier alpha value is -2.44. The third kappa shape index (κ3) is 5.08. The molecule has 31 heavy (non-hydrogen) atoms. The first-order valence-electron chi connectivity index (χ1n) is 11.0. The monoisotopic (exact) mass is 431 g/mol. The summed E-state index contributed by atoms with van der Waals surface area (Å²) in [4.78, 5) is 15.1. The van der Waals surface area contributed by atoms with Crippen molar-refractivity contribution >= 4 is 30.1 Å². The van der Waals surface area contributed by atoms with Crippen molar-refractivity contribution in [1.82, 2.24) is 0 Å². The molecule has 0 aliphatic heterocycles. The molecule has 2 nitrogen and oxygen atoms in total. The van der Waals surface area contributed by atoms with Gasteiger partial charge in [0.25, 0.3) is 0 Å². The lowest BCUT2D eigenvalue weighted by molar-refractivity contribution is -0.125. The summed E-state index contributed by atoms with van der Waals surface area (Å²) in [5.41, 5.74) is 3.38. The smallest absolute Gasteiger partial charge is 0.232 e. The Bertz CT molecular complexity index is 969. The van der Waals surface area contributed by atoms with Gasteiger partial charge in [0, 0.05) is 18.1 Å². The van der Waals surface area contributed by atoms with Crippen LogP contribution in [0.5, 0.6) is 0 Å². The molecule has 0 radical (unpaired) electrons. The van der Waals surface area contributed by atoms with E-state index in [0.29, 0.717) is 0 Å². The molecular weight excluding hydrogens is 397 g/mol. The van der Waals surface area contributed by atoms with Gasteiger partial charge in [-0.05, 0) is 36.1 Å². The molecule has 3 aromatic rings. The Labute approximate surface area is 189 Å². The Kier molecular flexibility index (Phi) is 7.34. The minimum Gasteiger partial charge on any atom is -0.314 e. The maximum atomic E-state index is 13.2. The second-order valence-electron chi connectivity index (χ2n) is 9.04. The number of hydrogen-bond acceptors (Lipinski definition) is 1. The van der Waals surface area contributed by atoms with Crippen molar-refractivity contribution < 1.29 is 4.79 Å². The SMILES string of the molecule is CCc1cccc([C@H](C)P(c2ccccc2)c2ccccc2)c1N(C)C(=O)C(C)(C)C. The van der Waals surface area contributed by atoms with Crippen LogP contribution in [0.3, 0.4) is 0 Å². The fraction of sp³-hybridized carbons (Fsp3) is 0.321. The molecule has 0 aliphatic rings. The summed E-state index contributed by atoms with van der Waals surface area (Å²) >= 11 is 0. The average molecular weight is 432 g/mol. The quantitative estimate of drug-likeness (QED) is 0.411. The van der Waals surface area contributed by atoms with Gasteiger partial charge < -0.3 is 4.90 Å². The lowest BCUT2D eigenvalue weighted by Crippen LogP contribution is -2.38. The van der Waals surface area contributed by atoms with E-state index < -0.39 is 13.3 Å². The maximum Gasteiger partial charge on any atom is 0.232 e. The number of carbonyl (C=O) groups is 1. The Morgan fingerprint density at radius 2 is 1.39 bits per heavy atom. The molecule has 0 fully saturated rings. The summed E-state index contributed by atoms with van der Waals surface area (Å²) in [6, 6.07) is 28.1. The fourth-order valence-corrected chi connectivity index (χ4v) is 6.83. The van der Waals surface area contributed by atoms with Crippen molar-refractivity contribution in [1.29, 1.82) is 0 Å². The molecule has 0 bridgehead atoms. The summed E-state index contributed by atoms with van der Waals surface area (Å²) in [5.74, 6) is 0.144. The molecule has 3 aromatic carbocycles. The number of aryl methyl sites for hydroxylation is 1. The second kappa shape index (κ2) is 9.79. The van der Waals surface area contributed by atoms with Crippen LogP contribution < -0.4 is 15.5 Å². The molecule has 0 aromatic heterocycles. The van der Waals surface area contributed by atoms with Crippen LogP contribution in [0.2, 0.25) is 0 Å². The number of para-hydroxylation sites is 1. The lowest BCUT2D eigenvalue weighted by Gasteiger charge is -2.33. The third-order valence-corrected chi connectivity index (χ3v) is 8.48. The average Bonchev–Trinajstić information content (AvgIpc) is 2.78. The van der Waals surface area contributed by atoms with Crippen molar-refractivity contribution in [2.75, 3.05) is 11.9 Å². The highest BCUT2D eigenvalue weighted by molar-refractivity contribution is 7.73. The standard InChI is InChI=1S/C28H34NOP/c1-7-22-15-14-20-25(26(22)29(6)27(30)28(3,4)5)21(2)31(23-16-10-8-11-17-23)24-18-12-9-13-19-24/h8-21H,7H2,1-6H3/t21-/m0/s1. The van der Waals surface area contributed by atoms with Gasteiger partial charge >= 0.3 is 0 Å². The zero-order valence-electron chi connectivity index (χ0n) is 19.6. The van der Waals surface area contributed by atoms with E-state index in [1.54, 1.807) is 0 Å². The minimum atomic E-state index is -0.632. The summed E-state index contributed by atoms with van der Waals surface area (Å²) < 4.78 is 0. The molecule has 0 heterocycles. The van der Waals surface area contributed by atoms with Crippen LogP contribution in [0.25, 0.3) is 0 Å². The highest BCUT2D eigenvalue weighted by atomic mass is 31.1. The fourth-order valence-electron chi connectivity index (χ4n) is 4.16. The molecule has 0 unspecified atom stereocenters. The molecule has 0 saturated carbocycles. The van der Waals surface area contributed by atoms with Crippen molar-refractivity contribution in [2.24, 2.45) is 5.41 Å². The first-order valence-corrected chi connectivity index (χ1v) is 12.5. The zero-order chi connectivity index (χ0) is 22.6. The number of rotatable bonds is 6. The van der Waals surface area contributed by atoms with Gasteiger partial charge in [-0.1, -0.05) is 113 Å². The van der Waals surface area contributed by atoms with Crippen LogP contribution in [0.15, 0.2) is 78.9 Å².